The molecule has 1 aromatic carbocycles. The molecule has 0 aliphatic carbocycles. The van der Waals surface area contributed by atoms with Crippen molar-refractivity contribution in [2.45, 2.75) is 38.8 Å². The summed E-state index contributed by atoms with van der Waals surface area (Å²) in [4.78, 5) is 14.4. The maximum atomic E-state index is 12.7. The summed E-state index contributed by atoms with van der Waals surface area (Å²) in [5.41, 5.74) is 2.10. The van der Waals surface area contributed by atoms with E-state index in [1.54, 1.807) is 12.0 Å². The Kier molecular flexibility index (Phi) is 7.02. The number of methoxy groups -OCH3 is 1. The molecule has 2 atom stereocenters. The largest absolute Gasteiger partial charge is 0.483 e. The molecule has 0 bridgehead atoms. The van der Waals surface area contributed by atoms with Crippen molar-refractivity contribution in [3.05, 3.63) is 29.3 Å². The number of nitrogens with one attached hydrogen (secondary N) is 1. The third-order valence-corrected chi connectivity index (χ3v) is 5.44. The quantitative estimate of drug-likeness (QED) is 0.764. The predicted octanol–water partition coefficient (Wildman–Crippen LogP) is 1.24. The molecule has 1 fully saturated rings. The maximum Gasteiger partial charge on any atom is 0.260 e. The summed E-state index contributed by atoms with van der Waals surface area (Å²) < 4.78 is 36.8. The van der Waals surface area contributed by atoms with Gasteiger partial charge in [-0.15, -0.1) is 0 Å². The number of nitrogens with zero attached hydrogens (tertiary/aromatic N) is 1. The van der Waals surface area contributed by atoms with Gasteiger partial charge in [-0.1, -0.05) is 12.1 Å². The van der Waals surface area contributed by atoms with Gasteiger partial charge in [-0.3, -0.25) is 4.79 Å². The van der Waals surface area contributed by atoms with Crippen LogP contribution in [0.3, 0.4) is 0 Å². The van der Waals surface area contributed by atoms with Gasteiger partial charge in [0.05, 0.1) is 18.9 Å². The van der Waals surface area contributed by atoms with Crippen LogP contribution >= 0.6 is 0 Å². The fourth-order valence-electron chi connectivity index (χ4n) is 3.26. The van der Waals surface area contributed by atoms with Crippen molar-refractivity contribution in [2.75, 3.05) is 33.1 Å². The number of likely N-dealkylation sites (tertiary alicyclic amines) is 1. The Morgan fingerprint density at radius 3 is 2.73 bits per heavy atom. The van der Waals surface area contributed by atoms with E-state index in [9.17, 15) is 13.2 Å². The van der Waals surface area contributed by atoms with Gasteiger partial charge in [0, 0.05) is 19.7 Å². The fraction of sp³-hybridized carbons (Fsp3) is 0.611. The molecule has 8 heteroatoms. The molecule has 0 aromatic heterocycles. The Labute approximate surface area is 155 Å². The minimum Gasteiger partial charge on any atom is -0.483 e. The molecule has 0 radical (unpaired) electrons. The van der Waals surface area contributed by atoms with E-state index >= 15 is 0 Å². The molecule has 1 aliphatic rings. The van der Waals surface area contributed by atoms with Crippen molar-refractivity contribution in [3.63, 3.8) is 0 Å². The van der Waals surface area contributed by atoms with Gasteiger partial charge < -0.3 is 14.4 Å². The van der Waals surface area contributed by atoms with E-state index in [0.717, 1.165) is 23.8 Å². The highest BCUT2D eigenvalue weighted by Gasteiger charge is 2.35. The van der Waals surface area contributed by atoms with Crippen molar-refractivity contribution in [3.8, 4) is 5.75 Å². The van der Waals surface area contributed by atoms with Gasteiger partial charge in [0.15, 0.2) is 6.61 Å². The minimum absolute atomic E-state index is 0.0872. The first-order valence-electron chi connectivity index (χ1n) is 8.67. The Morgan fingerprint density at radius 2 is 2.08 bits per heavy atom. The van der Waals surface area contributed by atoms with Crippen LogP contribution in [0, 0.1) is 13.8 Å². The molecule has 1 unspecified atom stereocenters. The fourth-order valence-corrected chi connectivity index (χ4v) is 4.08. The van der Waals surface area contributed by atoms with Crippen molar-refractivity contribution in [2.24, 2.45) is 0 Å². The summed E-state index contributed by atoms with van der Waals surface area (Å²) in [6, 6.07) is 5.02. The van der Waals surface area contributed by atoms with Crippen molar-refractivity contribution in [1.29, 1.82) is 0 Å². The first kappa shape index (κ1) is 20.7. The molecule has 0 saturated carbocycles. The van der Waals surface area contributed by atoms with Crippen LogP contribution in [-0.4, -0.2) is 64.4 Å². The molecule has 1 amide bonds. The molecule has 1 aliphatic heterocycles. The van der Waals surface area contributed by atoms with Crippen LogP contribution in [0.25, 0.3) is 0 Å². The lowest BCUT2D eigenvalue weighted by Gasteiger charge is -2.40. The monoisotopic (exact) mass is 384 g/mol. The van der Waals surface area contributed by atoms with E-state index in [1.807, 2.05) is 32.0 Å². The molecule has 2 rings (SSSR count). The number of hydrogen-bond acceptors (Lipinski definition) is 5. The first-order valence-corrected chi connectivity index (χ1v) is 10.6. The second kappa shape index (κ2) is 8.83. The van der Waals surface area contributed by atoms with Gasteiger partial charge in [0.2, 0.25) is 10.0 Å². The lowest BCUT2D eigenvalue weighted by atomic mass is 9.97. The van der Waals surface area contributed by atoms with Gasteiger partial charge in [0.1, 0.15) is 5.75 Å². The van der Waals surface area contributed by atoms with Gasteiger partial charge in [-0.25, -0.2) is 13.1 Å². The minimum atomic E-state index is -3.36. The van der Waals surface area contributed by atoms with Gasteiger partial charge in [-0.05, 0) is 43.9 Å². The zero-order valence-corrected chi connectivity index (χ0v) is 16.6. The lowest BCUT2D eigenvalue weighted by Crippen LogP contribution is -2.59. The number of hydrogen-bond donors (Lipinski definition) is 1. The average molecular weight is 384 g/mol. The number of amides is 1. The molecule has 1 saturated heterocycles. The molecular formula is C18H28N2O5S. The number of rotatable bonds is 7. The number of piperidine rings is 1. The number of ether oxygens (including phenoxy) is 2. The van der Waals surface area contributed by atoms with E-state index in [2.05, 4.69) is 4.72 Å². The number of benzene rings is 1. The third-order valence-electron chi connectivity index (χ3n) is 4.71. The van der Waals surface area contributed by atoms with Crippen LogP contribution < -0.4 is 9.46 Å². The van der Waals surface area contributed by atoms with Crippen LogP contribution in [-0.2, 0) is 19.6 Å². The normalized spacial score (nSPS) is 20.8. The van der Waals surface area contributed by atoms with Crippen LogP contribution in [0.1, 0.15) is 24.0 Å². The second-order valence-corrected chi connectivity index (χ2v) is 8.52. The summed E-state index contributed by atoms with van der Waals surface area (Å²) in [6.07, 6.45) is 2.52. The molecule has 146 valence electrons. The number of carbonyl (C=O) groups is 1. The van der Waals surface area contributed by atoms with Gasteiger partial charge in [-0.2, -0.15) is 0 Å². The Hall–Kier alpha value is -1.64. The predicted molar refractivity (Wildman–Crippen MR) is 99.8 cm³/mol. The molecule has 1 N–H and O–H groups in total. The standard InChI is InChI=1S/C18H28N2O5S/c1-13-7-5-9-17(14(13)2)25-12-18(21)20-10-6-8-15(16(20)11-24-3)19-26(4,22)23/h5,7,9,15-16,19H,6,8,10-12H2,1-4H3/t15?,16-/m0/s1. The molecular weight excluding hydrogens is 356 g/mol. The molecule has 0 spiro atoms. The summed E-state index contributed by atoms with van der Waals surface area (Å²) in [5.74, 6) is 0.511. The number of carbonyl (C=O) groups excluding carboxylic acids is 1. The molecule has 1 heterocycles. The van der Waals surface area contributed by atoms with Crippen LogP contribution in [0.5, 0.6) is 5.75 Å². The van der Waals surface area contributed by atoms with E-state index in [0.29, 0.717) is 18.7 Å². The highest BCUT2D eigenvalue weighted by Crippen LogP contribution is 2.22. The maximum absolute atomic E-state index is 12.7. The summed E-state index contributed by atoms with van der Waals surface area (Å²) in [7, 11) is -1.82. The molecule has 26 heavy (non-hydrogen) atoms. The number of sulfonamides is 1. The highest BCUT2D eigenvalue weighted by atomic mass is 32.2. The summed E-state index contributed by atoms with van der Waals surface area (Å²) in [6.45, 7) is 4.68. The number of aryl methyl sites for hydroxylation is 1. The second-order valence-electron chi connectivity index (χ2n) is 6.74. The van der Waals surface area contributed by atoms with Crippen molar-refractivity contribution >= 4 is 15.9 Å². The highest BCUT2D eigenvalue weighted by molar-refractivity contribution is 7.88. The van der Waals surface area contributed by atoms with E-state index in [-0.39, 0.29) is 31.2 Å². The van der Waals surface area contributed by atoms with Crippen LogP contribution in [0.2, 0.25) is 0 Å². The van der Waals surface area contributed by atoms with Gasteiger partial charge >= 0.3 is 0 Å². The van der Waals surface area contributed by atoms with Crippen molar-refractivity contribution < 1.29 is 22.7 Å². The van der Waals surface area contributed by atoms with Crippen molar-refractivity contribution in [1.82, 2.24) is 9.62 Å². The average Bonchev–Trinajstić information content (AvgIpc) is 2.56. The van der Waals surface area contributed by atoms with E-state index in [1.165, 1.54) is 0 Å². The van der Waals surface area contributed by atoms with E-state index < -0.39 is 10.0 Å². The topological polar surface area (TPSA) is 84.9 Å². The zero-order chi connectivity index (χ0) is 19.3. The Morgan fingerprint density at radius 1 is 1.35 bits per heavy atom. The smallest absolute Gasteiger partial charge is 0.260 e. The molecule has 7 nitrogen and oxygen atoms in total. The zero-order valence-electron chi connectivity index (χ0n) is 15.8. The Bertz CT molecular complexity index is 735. The lowest BCUT2D eigenvalue weighted by molar-refractivity contribution is -0.139. The molecule has 1 aromatic rings. The summed E-state index contributed by atoms with van der Waals surface area (Å²) >= 11 is 0. The Balaban J connectivity index is 2.08. The summed E-state index contributed by atoms with van der Waals surface area (Å²) in [5, 5.41) is 0. The van der Waals surface area contributed by atoms with Crippen LogP contribution in [0.4, 0.5) is 0 Å². The van der Waals surface area contributed by atoms with Gasteiger partial charge in [0.25, 0.3) is 5.91 Å². The first-order chi connectivity index (χ1) is 12.2. The van der Waals surface area contributed by atoms with Crippen LogP contribution in [0.15, 0.2) is 18.2 Å². The SMILES string of the molecule is COC[C@H]1C(NS(C)(=O)=O)CCCN1C(=O)COc1cccc(C)c1C. The van der Waals surface area contributed by atoms with E-state index in [4.69, 9.17) is 9.47 Å². The third kappa shape index (κ3) is 5.43.